The number of amides is 3. The Labute approximate surface area is 121 Å². The van der Waals surface area contributed by atoms with Gasteiger partial charge in [0.25, 0.3) is 0 Å². The number of primary amides is 1. The van der Waals surface area contributed by atoms with Crippen LogP contribution >= 0.6 is 0 Å². The van der Waals surface area contributed by atoms with Gasteiger partial charge in [-0.05, 0) is 19.8 Å². The molecule has 1 heterocycles. The van der Waals surface area contributed by atoms with E-state index in [1.807, 2.05) is 0 Å². The molecule has 0 aromatic carbocycles. The van der Waals surface area contributed by atoms with Crippen molar-refractivity contribution in [3.63, 3.8) is 0 Å². The van der Waals surface area contributed by atoms with E-state index in [2.05, 4.69) is 5.32 Å². The lowest BCUT2D eigenvalue weighted by atomic mass is 9.93. The Balaban J connectivity index is 2.73. The van der Waals surface area contributed by atoms with Gasteiger partial charge in [0.05, 0.1) is 12.3 Å². The van der Waals surface area contributed by atoms with Gasteiger partial charge in [-0.1, -0.05) is 0 Å². The molecule has 1 saturated heterocycles. The maximum atomic E-state index is 12.1. The second-order valence-corrected chi connectivity index (χ2v) is 5.12. The molecule has 0 aromatic heterocycles. The van der Waals surface area contributed by atoms with Gasteiger partial charge in [0.1, 0.15) is 6.04 Å². The molecule has 1 aliphatic heterocycles. The average Bonchev–Trinajstić information content (AvgIpc) is 2.37. The van der Waals surface area contributed by atoms with E-state index in [1.165, 1.54) is 4.90 Å². The predicted molar refractivity (Wildman–Crippen MR) is 70.3 cm³/mol. The maximum absolute atomic E-state index is 12.1. The van der Waals surface area contributed by atoms with Crippen LogP contribution in [0.25, 0.3) is 0 Å². The largest absolute Gasteiger partial charge is 0.481 e. The van der Waals surface area contributed by atoms with Crippen molar-refractivity contribution in [1.82, 2.24) is 10.2 Å². The highest BCUT2D eigenvalue weighted by atomic mass is 16.4. The van der Waals surface area contributed by atoms with Crippen LogP contribution in [0.5, 0.6) is 0 Å². The van der Waals surface area contributed by atoms with Crippen LogP contribution in [0.2, 0.25) is 0 Å². The highest BCUT2D eigenvalue weighted by Gasteiger charge is 2.33. The molecule has 0 aromatic rings. The number of carboxylic acid groups (broad SMARTS) is 2. The van der Waals surface area contributed by atoms with Gasteiger partial charge in [-0.3, -0.25) is 9.59 Å². The van der Waals surface area contributed by atoms with Gasteiger partial charge < -0.3 is 26.2 Å². The summed E-state index contributed by atoms with van der Waals surface area (Å²) in [5, 5.41) is 19.7. The predicted octanol–water partition coefficient (Wildman–Crippen LogP) is -0.790. The lowest BCUT2D eigenvalue weighted by Gasteiger charge is -2.37. The van der Waals surface area contributed by atoms with Gasteiger partial charge in [0.2, 0.25) is 5.91 Å². The molecule has 21 heavy (non-hydrogen) atoms. The Hall–Kier alpha value is -2.32. The van der Waals surface area contributed by atoms with Crippen molar-refractivity contribution in [3.05, 3.63) is 0 Å². The number of nitrogens with zero attached hydrogens (tertiary/aromatic N) is 1. The van der Waals surface area contributed by atoms with Gasteiger partial charge in [-0.2, -0.15) is 0 Å². The van der Waals surface area contributed by atoms with Crippen LogP contribution in [0.3, 0.4) is 0 Å². The van der Waals surface area contributed by atoms with Crippen molar-refractivity contribution >= 4 is 23.9 Å². The molecule has 118 valence electrons. The number of nitrogens with two attached hydrogens (primary N) is 1. The topological polar surface area (TPSA) is 150 Å². The van der Waals surface area contributed by atoms with E-state index in [0.29, 0.717) is 12.8 Å². The molecule has 3 amide bonds. The van der Waals surface area contributed by atoms with Crippen LogP contribution in [-0.2, 0) is 14.4 Å². The summed E-state index contributed by atoms with van der Waals surface area (Å²) < 4.78 is 0. The number of carbonyl (C=O) groups is 4. The summed E-state index contributed by atoms with van der Waals surface area (Å²) in [5.41, 5.74) is 5.22. The lowest BCUT2D eigenvalue weighted by Crippen LogP contribution is -2.55. The SMILES string of the molecule is CC1CCC(C(N)=O)CN1C(=O)NC(CC(=O)O)C(=O)O. The Morgan fingerprint density at radius 1 is 1.29 bits per heavy atom. The number of aliphatic carboxylic acids is 2. The molecule has 1 aliphatic rings. The molecule has 0 saturated carbocycles. The standard InChI is InChI=1S/C12H19N3O6/c1-6-2-3-7(10(13)18)5-15(6)12(21)14-8(11(19)20)4-9(16)17/h6-8H,2-5H2,1H3,(H2,13,18)(H,14,21)(H,16,17)(H,19,20). The van der Waals surface area contributed by atoms with E-state index in [9.17, 15) is 19.2 Å². The third-order valence-corrected chi connectivity index (χ3v) is 3.52. The Bertz CT molecular complexity index is 452. The third-order valence-electron chi connectivity index (χ3n) is 3.52. The van der Waals surface area contributed by atoms with Crippen LogP contribution in [0.15, 0.2) is 0 Å². The van der Waals surface area contributed by atoms with Gasteiger partial charge in [0, 0.05) is 12.6 Å². The van der Waals surface area contributed by atoms with Crippen LogP contribution in [0.4, 0.5) is 4.79 Å². The first-order chi connectivity index (χ1) is 9.72. The fourth-order valence-corrected chi connectivity index (χ4v) is 2.23. The minimum absolute atomic E-state index is 0.0990. The van der Waals surface area contributed by atoms with Crippen molar-refractivity contribution < 1.29 is 29.4 Å². The van der Waals surface area contributed by atoms with Gasteiger partial charge in [-0.15, -0.1) is 0 Å². The number of hydrogen-bond acceptors (Lipinski definition) is 4. The molecule has 5 N–H and O–H groups in total. The Kier molecular flexibility index (Phi) is 5.51. The first-order valence-electron chi connectivity index (χ1n) is 6.53. The first-order valence-corrected chi connectivity index (χ1v) is 6.53. The molecule has 9 nitrogen and oxygen atoms in total. The molecular weight excluding hydrogens is 282 g/mol. The molecule has 0 radical (unpaired) electrons. The second kappa shape index (κ2) is 6.91. The molecule has 0 bridgehead atoms. The number of nitrogens with one attached hydrogen (secondary N) is 1. The smallest absolute Gasteiger partial charge is 0.326 e. The molecule has 1 fully saturated rings. The number of urea groups is 1. The Morgan fingerprint density at radius 3 is 2.38 bits per heavy atom. The zero-order valence-corrected chi connectivity index (χ0v) is 11.6. The van der Waals surface area contributed by atoms with E-state index >= 15 is 0 Å². The van der Waals surface area contributed by atoms with Gasteiger partial charge in [0.15, 0.2) is 0 Å². The first kappa shape index (κ1) is 16.7. The van der Waals surface area contributed by atoms with E-state index < -0.39 is 42.3 Å². The van der Waals surface area contributed by atoms with Crippen molar-refractivity contribution in [3.8, 4) is 0 Å². The Morgan fingerprint density at radius 2 is 1.90 bits per heavy atom. The van der Waals surface area contributed by atoms with E-state index in [-0.39, 0.29) is 12.6 Å². The molecular formula is C12H19N3O6. The van der Waals surface area contributed by atoms with Crippen molar-refractivity contribution in [2.24, 2.45) is 11.7 Å². The molecule has 0 aliphatic carbocycles. The summed E-state index contributed by atoms with van der Waals surface area (Å²) in [6.45, 7) is 1.87. The summed E-state index contributed by atoms with van der Waals surface area (Å²) in [5.74, 6) is -3.75. The summed E-state index contributed by atoms with van der Waals surface area (Å²) in [6, 6.07) is -2.40. The normalized spacial score (nSPS) is 23.2. The maximum Gasteiger partial charge on any atom is 0.326 e. The van der Waals surface area contributed by atoms with Crippen molar-refractivity contribution in [2.75, 3.05) is 6.54 Å². The fraction of sp³-hybridized carbons (Fsp3) is 0.667. The fourth-order valence-electron chi connectivity index (χ4n) is 2.23. The number of carbonyl (C=O) groups excluding carboxylic acids is 2. The van der Waals surface area contributed by atoms with Crippen LogP contribution < -0.4 is 11.1 Å². The van der Waals surface area contributed by atoms with E-state index in [0.717, 1.165) is 0 Å². The van der Waals surface area contributed by atoms with Crippen LogP contribution in [-0.4, -0.2) is 57.6 Å². The van der Waals surface area contributed by atoms with Crippen molar-refractivity contribution in [1.29, 1.82) is 0 Å². The zero-order chi connectivity index (χ0) is 16.2. The summed E-state index contributed by atoms with van der Waals surface area (Å²) in [4.78, 5) is 46.1. The summed E-state index contributed by atoms with van der Waals surface area (Å²) in [7, 11) is 0. The second-order valence-electron chi connectivity index (χ2n) is 5.12. The number of carboxylic acids is 2. The third kappa shape index (κ3) is 4.62. The summed E-state index contributed by atoms with van der Waals surface area (Å²) >= 11 is 0. The van der Waals surface area contributed by atoms with Gasteiger partial charge >= 0.3 is 18.0 Å². The molecule has 0 spiro atoms. The van der Waals surface area contributed by atoms with Crippen molar-refractivity contribution in [2.45, 2.75) is 38.3 Å². The monoisotopic (exact) mass is 301 g/mol. The average molecular weight is 301 g/mol. The summed E-state index contributed by atoms with van der Waals surface area (Å²) in [6.07, 6.45) is 0.415. The van der Waals surface area contributed by atoms with Gasteiger partial charge in [-0.25, -0.2) is 9.59 Å². The number of likely N-dealkylation sites (tertiary alicyclic amines) is 1. The molecule has 1 rings (SSSR count). The van der Waals surface area contributed by atoms with E-state index in [4.69, 9.17) is 15.9 Å². The molecule has 3 unspecified atom stereocenters. The number of hydrogen-bond donors (Lipinski definition) is 4. The minimum Gasteiger partial charge on any atom is -0.481 e. The number of piperidine rings is 1. The minimum atomic E-state index is -1.52. The molecule has 9 heteroatoms. The zero-order valence-electron chi connectivity index (χ0n) is 11.6. The van der Waals surface area contributed by atoms with Crippen LogP contribution in [0, 0.1) is 5.92 Å². The highest BCUT2D eigenvalue weighted by Crippen LogP contribution is 2.21. The number of rotatable bonds is 5. The lowest BCUT2D eigenvalue weighted by molar-refractivity contribution is -0.145. The highest BCUT2D eigenvalue weighted by molar-refractivity contribution is 5.86. The van der Waals surface area contributed by atoms with Crippen LogP contribution in [0.1, 0.15) is 26.2 Å². The van der Waals surface area contributed by atoms with E-state index in [1.54, 1.807) is 6.92 Å². The molecule has 3 atom stereocenters. The quantitative estimate of drug-likeness (QED) is 0.522.